The van der Waals surface area contributed by atoms with Crippen LogP contribution in [0.25, 0.3) is 0 Å². The number of benzene rings is 1. The molecule has 0 aromatic heterocycles. The van der Waals surface area contributed by atoms with E-state index in [-0.39, 0.29) is 6.03 Å². The third-order valence-electron chi connectivity index (χ3n) is 5.04. The molecule has 1 saturated heterocycles. The lowest BCUT2D eigenvalue weighted by atomic mass is 9.99. The van der Waals surface area contributed by atoms with Crippen molar-refractivity contribution < 1.29 is 4.79 Å². The Bertz CT molecular complexity index is 531. The summed E-state index contributed by atoms with van der Waals surface area (Å²) < 4.78 is 0. The minimum Gasteiger partial charge on any atom is -0.336 e. The number of fused-ring (bicyclic) bond motifs is 1. The average Bonchev–Trinajstić information content (AvgIpc) is 2.98. The van der Waals surface area contributed by atoms with E-state index in [1.807, 2.05) is 4.90 Å². The number of likely N-dealkylation sites (tertiary alicyclic amines) is 1. The van der Waals surface area contributed by atoms with Crippen LogP contribution in [0.4, 0.5) is 4.79 Å². The van der Waals surface area contributed by atoms with E-state index < -0.39 is 0 Å². The van der Waals surface area contributed by atoms with Crippen LogP contribution >= 0.6 is 0 Å². The van der Waals surface area contributed by atoms with E-state index in [1.165, 1.54) is 11.1 Å². The van der Waals surface area contributed by atoms with Gasteiger partial charge in [0, 0.05) is 38.8 Å². The normalized spacial score (nSPS) is 23.2. The SMILES string of the molecule is CC1CCN(C(=O)NCC(C)N2CCc3ccccc3C2)C1. The Morgan fingerprint density at radius 2 is 2.09 bits per heavy atom. The van der Waals surface area contributed by atoms with Crippen LogP contribution in [0.5, 0.6) is 0 Å². The van der Waals surface area contributed by atoms with Gasteiger partial charge in [0.05, 0.1) is 0 Å². The van der Waals surface area contributed by atoms with Crippen molar-refractivity contribution in [2.45, 2.75) is 39.3 Å². The summed E-state index contributed by atoms with van der Waals surface area (Å²) in [5.74, 6) is 0.641. The van der Waals surface area contributed by atoms with E-state index in [9.17, 15) is 4.79 Å². The van der Waals surface area contributed by atoms with Gasteiger partial charge in [-0.15, -0.1) is 0 Å². The summed E-state index contributed by atoms with van der Waals surface area (Å²) in [7, 11) is 0. The molecule has 0 saturated carbocycles. The van der Waals surface area contributed by atoms with E-state index in [0.29, 0.717) is 12.0 Å². The van der Waals surface area contributed by atoms with Gasteiger partial charge in [-0.1, -0.05) is 31.2 Å². The van der Waals surface area contributed by atoms with Crippen LogP contribution in [0.3, 0.4) is 0 Å². The highest BCUT2D eigenvalue weighted by molar-refractivity contribution is 5.74. The highest BCUT2D eigenvalue weighted by Crippen LogP contribution is 2.20. The lowest BCUT2D eigenvalue weighted by Gasteiger charge is -2.34. The molecular formula is C18H27N3O. The molecule has 1 aromatic rings. The van der Waals surface area contributed by atoms with Crippen LogP contribution in [0.2, 0.25) is 0 Å². The highest BCUT2D eigenvalue weighted by Gasteiger charge is 2.25. The van der Waals surface area contributed by atoms with Crippen LogP contribution in [0.1, 0.15) is 31.4 Å². The molecule has 2 heterocycles. The molecule has 3 rings (SSSR count). The van der Waals surface area contributed by atoms with Gasteiger partial charge in [-0.05, 0) is 36.8 Å². The molecule has 2 aliphatic rings. The number of amides is 2. The molecule has 22 heavy (non-hydrogen) atoms. The monoisotopic (exact) mass is 301 g/mol. The zero-order valence-corrected chi connectivity index (χ0v) is 13.7. The second kappa shape index (κ2) is 6.69. The molecule has 1 N–H and O–H groups in total. The van der Waals surface area contributed by atoms with Crippen molar-refractivity contribution in [2.75, 3.05) is 26.2 Å². The fraction of sp³-hybridized carbons (Fsp3) is 0.611. The summed E-state index contributed by atoms with van der Waals surface area (Å²) in [6, 6.07) is 9.16. The lowest BCUT2D eigenvalue weighted by molar-refractivity contribution is 0.176. The van der Waals surface area contributed by atoms with Gasteiger partial charge >= 0.3 is 6.03 Å². The number of nitrogens with one attached hydrogen (secondary N) is 1. The van der Waals surface area contributed by atoms with Crippen molar-refractivity contribution in [3.63, 3.8) is 0 Å². The van der Waals surface area contributed by atoms with E-state index in [4.69, 9.17) is 0 Å². The highest BCUT2D eigenvalue weighted by atomic mass is 16.2. The molecule has 4 nitrogen and oxygen atoms in total. The van der Waals surface area contributed by atoms with Crippen LogP contribution in [0, 0.1) is 5.92 Å². The number of nitrogens with zero attached hydrogens (tertiary/aromatic N) is 2. The second-order valence-electron chi connectivity index (χ2n) is 6.86. The first kappa shape index (κ1) is 15.3. The molecule has 4 heteroatoms. The van der Waals surface area contributed by atoms with Crippen molar-refractivity contribution in [3.8, 4) is 0 Å². The summed E-state index contributed by atoms with van der Waals surface area (Å²) in [5.41, 5.74) is 2.90. The molecule has 0 bridgehead atoms. The van der Waals surface area contributed by atoms with Gasteiger partial charge in [0.1, 0.15) is 0 Å². The number of urea groups is 1. The molecule has 2 atom stereocenters. The van der Waals surface area contributed by atoms with Gasteiger partial charge in [-0.25, -0.2) is 4.79 Å². The number of carbonyl (C=O) groups is 1. The number of carbonyl (C=O) groups excluding carboxylic acids is 1. The first-order valence-corrected chi connectivity index (χ1v) is 8.47. The predicted octanol–water partition coefficient (Wildman–Crippen LogP) is 2.48. The van der Waals surface area contributed by atoms with Gasteiger partial charge in [-0.3, -0.25) is 4.90 Å². The molecule has 1 fully saturated rings. The Morgan fingerprint density at radius 3 is 2.82 bits per heavy atom. The van der Waals surface area contributed by atoms with E-state index in [2.05, 4.69) is 48.3 Å². The first-order valence-electron chi connectivity index (χ1n) is 8.47. The predicted molar refractivity (Wildman–Crippen MR) is 88.8 cm³/mol. The molecule has 2 unspecified atom stereocenters. The standard InChI is InChI=1S/C18H27N3O/c1-14-7-9-21(12-14)18(22)19-11-15(2)20-10-8-16-5-3-4-6-17(16)13-20/h3-6,14-15H,7-13H2,1-2H3,(H,19,22). The van der Waals surface area contributed by atoms with Crippen molar-refractivity contribution in [1.29, 1.82) is 0 Å². The van der Waals surface area contributed by atoms with Crippen molar-refractivity contribution in [2.24, 2.45) is 5.92 Å². The summed E-state index contributed by atoms with van der Waals surface area (Å²) in [4.78, 5) is 16.6. The molecule has 2 amide bonds. The fourth-order valence-corrected chi connectivity index (χ4v) is 3.49. The lowest BCUT2D eigenvalue weighted by Crippen LogP contribution is -2.47. The Hall–Kier alpha value is -1.55. The zero-order valence-electron chi connectivity index (χ0n) is 13.7. The average molecular weight is 301 g/mol. The van der Waals surface area contributed by atoms with Gasteiger partial charge in [-0.2, -0.15) is 0 Å². The maximum atomic E-state index is 12.2. The summed E-state index contributed by atoms with van der Waals surface area (Å²) >= 11 is 0. The fourth-order valence-electron chi connectivity index (χ4n) is 3.49. The number of rotatable bonds is 3. The van der Waals surface area contributed by atoms with E-state index in [0.717, 1.165) is 45.6 Å². The van der Waals surface area contributed by atoms with Crippen LogP contribution in [-0.4, -0.2) is 48.1 Å². The molecular weight excluding hydrogens is 274 g/mol. The van der Waals surface area contributed by atoms with Gasteiger partial charge in [0.25, 0.3) is 0 Å². The van der Waals surface area contributed by atoms with Gasteiger partial charge in [0.2, 0.25) is 0 Å². The van der Waals surface area contributed by atoms with E-state index in [1.54, 1.807) is 0 Å². The second-order valence-corrected chi connectivity index (χ2v) is 6.86. The largest absolute Gasteiger partial charge is 0.336 e. The molecule has 1 aromatic carbocycles. The summed E-state index contributed by atoms with van der Waals surface area (Å²) in [6.45, 7) is 9.02. The number of hydrogen-bond acceptors (Lipinski definition) is 2. The molecule has 0 aliphatic carbocycles. The Kier molecular flexibility index (Phi) is 4.67. The van der Waals surface area contributed by atoms with Crippen molar-refractivity contribution in [1.82, 2.24) is 15.1 Å². The van der Waals surface area contributed by atoms with Crippen LogP contribution < -0.4 is 5.32 Å². The van der Waals surface area contributed by atoms with Crippen LogP contribution in [0.15, 0.2) is 24.3 Å². The minimum absolute atomic E-state index is 0.105. The molecule has 120 valence electrons. The van der Waals surface area contributed by atoms with Gasteiger partial charge in [0.15, 0.2) is 0 Å². The maximum Gasteiger partial charge on any atom is 0.317 e. The quantitative estimate of drug-likeness (QED) is 0.931. The Labute approximate surface area is 133 Å². The smallest absolute Gasteiger partial charge is 0.317 e. The number of hydrogen-bond donors (Lipinski definition) is 1. The Balaban J connectivity index is 1.48. The van der Waals surface area contributed by atoms with Crippen molar-refractivity contribution in [3.05, 3.63) is 35.4 Å². The maximum absolute atomic E-state index is 12.2. The third kappa shape index (κ3) is 3.43. The Morgan fingerprint density at radius 1 is 1.32 bits per heavy atom. The zero-order chi connectivity index (χ0) is 15.5. The van der Waals surface area contributed by atoms with Crippen molar-refractivity contribution >= 4 is 6.03 Å². The third-order valence-corrected chi connectivity index (χ3v) is 5.04. The molecule has 0 radical (unpaired) electrons. The topological polar surface area (TPSA) is 35.6 Å². The van der Waals surface area contributed by atoms with Gasteiger partial charge < -0.3 is 10.2 Å². The molecule has 0 spiro atoms. The minimum atomic E-state index is 0.105. The summed E-state index contributed by atoms with van der Waals surface area (Å²) in [6.07, 6.45) is 2.24. The van der Waals surface area contributed by atoms with E-state index >= 15 is 0 Å². The first-order chi connectivity index (χ1) is 10.6. The molecule has 2 aliphatic heterocycles. The van der Waals surface area contributed by atoms with Crippen LogP contribution in [-0.2, 0) is 13.0 Å². The summed E-state index contributed by atoms with van der Waals surface area (Å²) in [5, 5.41) is 3.11.